The zero-order chi connectivity index (χ0) is 7.72. The Kier molecular flexibility index (Phi) is 2.14. The van der Waals surface area contributed by atoms with Gasteiger partial charge in [-0.3, -0.25) is 0 Å². The molecule has 0 aliphatic rings. The molecule has 0 unspecified atom stereocenters. The van der Waals surface area contributed by atoms with Crippen LogP contribution in [-0.2, 0) is 12.4 Å². The lowest BCUT2D eigenvalue weighted by atomic mass is 10.4. The molecule has 0 amide bonds. The van der Waals surface area contributed by atoms with Gasteiger partial charge in [0.05, 0.1) is 5.69 Å². The smallest absolute Gasteiger partial charge is 0.105 e. The van der Waals surface area contributed by atoms with Gasteiger partial charge in [-0.2, -0.15) is 0 Å². The summed E-state index contributed by atoms with van der Waals surface area (Å²) >= 11 is 3.38. The highest BCUT2D eigenvalue weighted by Gasteiger charge is 2.04. The molecule has 0 saturated heterocycles. The van der Waals surface area contributed by atoms with E-state index < -0.39 is 0 Å². The first kappa shape index (κ1) is 7.79. The highest BCUT2D eigenvalue weighted by Crippen LogP contribution is 2.10. The van der Waals surface area contributed by atoms with Gasteiger partial charge < -0.3 is 4.57 Å². The summed E-state index contributed by atoms with van der Waals surface area (Å²) in [6, 6.07) is 0. The summed E-state index contributed by atoms with van der Waals surface area (Å²) in [5.41, 5.74) is 2.38. The molecule has 10 heavy (non-hydrogen) atoms. The lowest BCUT2D eigenvalue weighted by Crippen LogP contribution is -1.93. The fourth-order valence-corrected chi connectivity index (χ4v) is 1.45. The van der Waals surface area contributed by atoms with E-state index in [2.05, 4.69) is 32.4 Å². The zero-order valence-electron chi connectivity index (χ0n) is 6.48. The molecule has 1 aromatic heterocycles. The average molecular weight is 203 g/mol. The minimum Gasteiger partial charge on any atom is -0.335 e. The number of aryl methyl sites for hydroxylation is 1. The van der Waals surface area contributed by atoms with E-state index in [1.165, 1.54) is 5.69 Å². The van der Waals surface area contributed by atoms with E-state index in [1.807, 2.05) is 14.0 Å². The topological polar surface area (TPSA) is 17.8 Å². The molecule has 56 valence electrons. The third kappa shape index (κ3) is 1.10. The Morgan fingerprint density at radius 2 is 2.10 bits per heavy atom. The van der Waals surface area contributed by atoms with Crippen LogP contribution in [0.1, 0.15) is 17.2 Å². The third-order valence-corrected chi connectivity index (χ3v) is 2.36. The second kappa shape index (κ2) is 2.74. The molecule has 1 aromatic rings. The van der Waals surface area contributed by atoms with Gasteiger partial charge in [-0.1, -0.05) is 15.9 Å². The molecule has 0 aliphatic carbocycles. The maximum atomic E-state index is 4.34. The number of rotatable bonds is 1. The van der Waals surface area contributed by atoms with Crippen molar-refractivity contribution >= 4 is 15.9 Å². The van der Waals surface area contributed by atoms with Crippen LogP contribution in [0.2, 0.25) is 0 Å². The molecular formula is C7H11BrN2. The van der Waals surface area contributed by atoms with Crippen LogP contribution in [0.25, 0.3) is 0 Å². The number of aromatic nitrogens is 2. The molecule has 0 saturated carbocycles. The zero-order valence-corrected chi connectivity index (χ0v) is 8.07. The summed E-state index contributed by atoms with van der Waals surface area (Å²) in [6.07, 6.45) is 0. The van der Waals surface area contributed by atoms with E-state index in [0.717, 1.165) is 16.8 Å². The molecule has 1 heterocycles. The number of alkyl halides is 1. The fraction of sp³-hybridized carbons (Fsp3) is 0.571. The number of nitrogens with zero attached hydrogens (tertiary/aromatic N) is 2. The van der Waals surface area contributed by atoms with Crippen molar-refractivity contribution in [2.45, 2.75) is 19.2 Å². The first-order valence-electron chi connectivity index (χ1n) is 3.21. The van der Waals surface area contributed by atoms with E-state index in [9.17, 15) is 0 Å². The van der Waals surface area contributed by atoms with Crippen LogP contribution < -0.4 is 0 Å². The first-order valence-corrected chi connectivity index (χ1v) is 4.33. The SMILES string of the molecule is Cc1nc(CBr)c(C)n1C. The van der Waals surface area contributed by atoms with Gasteiger partial charge in [-0.05, 0) is 13.8 Å². The van der Waals surface area contributed by atoms with Crippen molar-refractivity contribution in [1.29, 1.82) is 0 Å². The first-order chi connectivity index (χ1) is 4.66. The van der Waals surface area contributed by atoms with Crippen molar-refractivity contribution in [3.63, 3.8) is 0 Å². The van der Waals surface area contributed by atoms with Crippen molar-refractivity contribution in [2.24, 2.45) is 7.05 Å². The average Bonchev–Trinajstić information content (AvgIpc) is 2.17. The largest absolute Gasteiger partial charge is 0.335 e. The van der Waals surface area contributed by atoms with Crippen molar-refractivity contribution in [3.8, 4) is 0 Å². The molecular weight excluding hydrogens is 192 g/mol. The maximum absolute atomic E-state index is 4.34. The quantitative estimate of drug-likeness (QED) is 0.637. The van der Waals surface area contributed by atoms with Gasteiger partial charge in [-0.15, -0.1) is 0 Å². The Morgan fingerprint density at radius 1 is 1.50 bits per heavy atom. The predicted octanol–water partition coefficient (Wildman–Crippen LogP) is 1.93. The second-order valence-corrected chi connectivity index (χ2v) is 2.94. The summed E-state index contributed by atoms with van der Waals surface area (Å²) in [5.74, 6) is 1.08. The minimum atomic E-state index is 0.848. The van der Waals surface area contributed by atoms with Gasteiger partial charge in [0.2, 0.25) is 0 Å². The third-order valence-electron chi connectivity index (χ3n) is 1.83. The molecule has 0 radical (unpaired) electrons. The number of hydrogen-bond acceptors (Lipinski definition) is 1. The summed E-state index contributed by atoms with van der Waals surface area (Å²) in [4.78, 5) is 4.34. The van der Waals surface area contributed by atoms with Crippen LogP contribution in [0.3, 0.4) is 0 Å². The van der Waals surface area contributed by atoms with E-state index in [-0.39, 0.29) is 0 Å². The van der Waals surface area contributed by atoms with Crippen LogP contribution in [0.15, 0.2) is 0 Å². The molecule has 0 N–H and O–H groups in total. The Morgan fingerprint density at radius 3 is 2.30 bits per heavy atom. The normalized spacial score (nSPS) is 10.4. The van der Waals surface area contributed by atoms with Crippen molar-refractivity contribution in [1.82, 2.24) is 9.55 Å². The molecule has 0 bridgehead atoms. The Balaban J connectivity index is 3.17. The molecule has 2 nitrogen and oxygen atoms in total. The number of hydrogen-bond donors (Lipinski definition) is 0. The maximum Gasteiger partial charge on any atom is 0.105 e. The van der Waals surface area contributed by atoms with Crippen LogP contribution in [0, 0.1) is 13.8 Å². The highest BCUT2D eigenvalue weighted by molar-refractivity contribution is 9.08. The van der Waals surface area contributed by atoms with Crippen molar-refractivity contribution < 1.29 is 0 Å². The van der Waals surface area contributed by atoms with E-state index >= 15 is 0 Å². The summed E-state index contributed by atoms with van der Waals surface area (Å²) in [5, 5.41) is 0.848. The summed E-state index contributed by atoms with van der Waals surface area (Å²) < 4.78 is 2.09. The van der Waals surface area contributed by atoms with Crippen LogP contribution in [0.5, 0.6) is 0 Å². The number of halogens is 1. The van der Waals surface area contributed by atoms with Gasteiger partial charge in [-0.25, -0.2) is 4.98 Å². The second-order valence-electron chi connectivity index (χ2n) is 2.38. The standard InChI is InChI=1S/C7H11BrN2/c1-5-7(4-8)9-6(2)10(5)3/h4H2,1-3H3. The van der Waals surface area contributed by atoms with Gasteiger partial charge in [0, 0.05) is 18.1 Å². The lowest BCUT2D eigenvalue weighted by Gasteiger charge is -1.95. The lowest BCUT2D eigenvalue weighted by molar-refractivity contribution is 0.827. The van der Waals surface area contributed by atoms with Gasteiger partial charge in [0.25, 0.3) is 0 Å². The van der Waals surface area contributed by atoms with Gasteiger partial charge >= 0.3 is 0 Å². The Labute approximate surface area is 69.4 Å². The summed E-state index contributed by atoms with van der Waals surface area (Å²) in [7, 11) is 2.03. The molecule has 3 heteroatoms. The molecule has 0 fully saturated rings. The van der Waals surface area contributed by atoms with Crippen LogP contribution in [0.4, 0.5) is 0 Å². The fourth-order valence-electron chi connectivity index (χ4n) is 0.914. The Hall–Kier alpha value is -0.310. The van der Waals surface area contributed by atoms with Gasteiger partial charge in [0.1, 0.15) is 5.82 Å². The molecule has 1 rings (SSSR count). The predicted molar refractivity (Wildman–Crippen MR) is 45.3 cm³/mol. The monoisotopic (exact) mass is 202 g/mol. The van der Waals surface area contributed by atoms with E-state index in [0.29, 0.717) is 0 Å². The van der Waals surface area contributed by atoms with Gasteiger partial charge in [0.15, 0.2) is 0 Å². The molecule has 0 aromatic carbocycles. The molecule has 0 atom stereocenters. The number of imidazole rings is 1. The van der Waals surface area contributed by atoms with Crippen molar-refractivity contribution in [2.75, 3.05) is 0 Å². The summed E-state index contributed by atoms with van der Waals surface area (Å²) in [6.45, 7) is 4.09. The van der Waals surface area contributed by atoms with Crippen LogP contribution in [-0.4, -0.2) is 9.55 Å². The van der Waals surface area contributed by atoms with E-state index in [1.54, 1.807) is 0 Å². The van der Waals surface area contributed by atoms with E-state index in [4.69, 9.17) is 0 Å². The molecule has 0 aliphatic heterocycles. The van der Waals surface area contributed by atoms with Crippen molar-refractivity contribution in [3.05, 3.63) is 17.2 Å². The highest BCUT2D eigenvalue weighted by atomic mass is 79.9. The Bertz CT molecular complexity index is 240. The minimum absolute atomic E-state index is 0.848. The molecule has 0 spiro atoms. The van der Waals surface area contributed by atoms with Crippen LogP contribution >= 0.6 is 15.9 Å².